The number of nitrogens with zero attached hydrogens (tertiary/aromatic N) is 3. The van der Waals surface area contributed by atoms with E-state index in [4.69, 9.17) is 4.52 Å². The van der Waals surface area contributed by atoms with Crippen LogP contribution in [0, 0.1) is 5.82 Å². The van der Waals surface area contributed by atoms with Crippen molar-refractivity contribution in [2.45, 2.75) is 12.7 Å². The first-order valence-electron chi connectivity index (χ1n) is 6.99. The highest BCUT2D eigenvalue weighted by atomic mass is 19.3. The van der Waals surface area contributed by atoms with Crippen LogP contribution in [0.2, 0.25) is 0 Å². The van der Waals surface area contributed by atoms with Gasteiger partial charge in [-0.1, -0.05) is 5.16 Å². The van der Waals surface area contributed by atoms with Crippen LogP contribution in [-0.4, -0.2) is 47.7 Å². The SMILES string of the molecule is CN1C[C@@H](c2nc(-c3cc(OC(F)F)ccc3F)no2)NCC1=O. The molecule has 2 aromatic rings. The van der Waals surface area contributed by atoms with Gasteiger partial charge in [0.1, 0.15) is 17.6 Å². The van der Waals surface area contributed by atoms with E-state index >= 15 is 0 Å². The summed E-state index contributed by atoms with van der Waals surface area (Å²) in [6, 6.07) is 2.74. The van der Waals surface area contributed by atoms with E-state index in [9.17, 15) is 18.0 Å². The number of carbonyl (C=O) groups excluding carboxylic acids is 1. The normalized spacial score (nSPS) is 18.3. The van der Waals surface area contributed by atoms with E-state index < -0.39 is 18.5 Å². The molecule has 1 atom stereocenters. The first kappa shape index (κ1) is 16.2. The summed E-state index contributed by atoms with van der Waals surface area (Å²) in [5.41, 5.74) is -0.122. The highest BCUT2D eigenvalue weighted by molar-refractivity contribution is 5.78. The van der Waals surface area contributed by atoms with Crippen molar-refractivity contribution in [1.82, 2.24) is 20.4 Å². The molecule has 0 aliphatic carbocycles. The maximum atomic E-state index is 13.9. The van der Waals surface area contributed by atoms with Crippen LogP contribution in [0.3, 0.4) is 0 Å². The maximum Gasteiger partial charge on any atom is 0.387 e. The van der Waals surface area contributed by atoms with Crippen LogP contribution in [0.4, 0.5) is 13.2 Å². The van der Waals surface area contributed by atoms with Gasteiger partial charge in [0.2, 0.25) is 17.6 Å². The number of alkyl halides is 2. The van der Waals surface area contributed by atoms with Gasteiger partial charge in [0, 0.05) is 13.6 Å². The Hall–Kier alpha value is -2.62. The largest absolute Gasteiger partial charge is 0.435 e. The Morgan fingerprint density at radius 1 is 1.46 bits per heavy atom. The average Bonchev–Trinajstić information content (AvgIpc) is 3.01. The molecule has 1 aromatic heterocycles. The molecule has 2 heterocycles. The van der Waals surface area contributed by atoms with Gasteiger partial charge in [-0.25, -0.2) is 4.39 Å². The zero-order chi connectivity index (χ0) is 17.3. The number of benzene rings is 1. The molecule has 3 rings (SSSR count). The van der Waals surface area contributed by atoms with Crippen molar-refractivity contribution in [3.8, 4) is 17.1 Å². The number of nitrogens with one attached hydrogen (secondary N) is 1. The fraction of sp³-hybridized carbons (Fsp3) is 0.357. The molecular weight excluding hydrogens is 329 g/mol. The first-order chi connectivity index (χ1) is 11.4. The van der Waals surface area contributed by atoms with Gasteiger partial charge < -0.3 is 14.2 Å². The summed E-state index contributed by atoms with van der Waals surface area (Å²) in [5.74, 6) is -0.914. The molecule has 1 aromatic carbocycles. The summed E-state index contributed by atoms with van der Waals surface area (Å²) in [6.07, 6.45) is 0. The molecular formula is C14H13F3N4O3. The number of amides is 1. The number of aromatic nitrogens is 2. The van der Waals surface area contributed by atoms with Crippen LogP contribution in [0.5, 0.6) is 5.75 Å². The van der Waals surface area contributed by atoms with Crippen molar-refractivity contribution in [1.29, 1.82) is 0 Å². The van der Waals surface area contributed by atoms with Crippen LogP contribution in [0.15, 0.2) is 22.7 Å². The van der Waals surface area contributed by atoms with Gasteiger partial charge in [-0.15, -0.1) is 0 Å². The third-order valence-electron chi connectivity index (χ3n) is 3.53. The zero-order valence-corrected chi connectivity index (χ0v) is 12.5. The van der Waals surface area contributed by atoms with E-state index in [1.54, 1.807) is 7.05 Å². The molecule has 1 fully saturated rings. The predicted molar refractivity (Wildman–Crippen MR) is 74.7 cm³/mol. The minimum Gasteiger partial charge on any atom is -0.435 e. The Bertz CT molecular complexity index is 753. The van der Waals surface area contributed by atoms with Gasteiger partial charge in [-0.2, -0.15) is 13.8 Å². The number of halogens is 3. The number of hydrogen-bond acceptors (Lipinski definition) is 6. The molecule has 0 bridgehead atoms. The first-order valence-corrected chi connectivity index (χ1v) is 6.99. The van der Waals surface area contributed by atoms with E-state index in [0.29, 0.717) is 6.54 Å². The second-order valence-electron chi connectivity index (χ2n) is 5.18. The monoisotopic (exact) mass is 342 g/mol. The highest BCUT2D eigenvalue weighted by Crippen LogP contribution is 2.27. The number of hydrogen-bond donors (Lipinski definition) is 1. The molecule has 128 valence electrons. The van der Waals surface area contributed by atoms with Crippen LogP contribution in [0.25, 0.3) is 11.4 Å². The Morgan fingerprint density at radius 2 is 2.25 bits per heavy atom. The van der Waals surface area contributed by atoms with Crippen molar-refractivity contribution in [3.63, 3.8) is 0 Å². The van der Waals surface area contributed by atoms with Gasteiger partial charge in [0.15, 0.2) is 0 Å². The quantitative estimate of drug-likeness (QED) is 0.909. The van der Waals surface area contributed by atoms with Gasteiger partial charge in [-0.3, -0.25) is 10.1 Å². The summed E-state index contributed by atoms with van der Waals surface area (Å²) in [7, 11) is 1.64. The summed E-state index contributed by atoms with van der Waals surface area (Å²) in [6.45, 7) is -2.59. The Labute approximate surface area is 134 Å². The molecule has 1 saturated heterocycles. The third-order valence-corrected chi connectivity index (χ3v) is 3.53. The van der Waals surface area contributed by atoms with Gasteiger partial charge in [0.25, 0.3) is 0 Å². The summed E-state index contributed by atoms with van der Waals surface area (Å²) in [4.78, 5) is 17.0. The predicted octanol–water partition coefficient (Wildman–Crippen LogP) is 1.58. The van der Waals surface area contributed by atoms with Crippen molar-refractivity contribution < 1.29 is 27.2 Å². The smallest absolute Gasteiger partial charge is 0.387 e. The Morgan fingerprint density at radius 3 is 2.96 bits per heavy atom. The lowest BCUT2D eigenvalue weighted by Crippen LogP contribution is -2.47. The van der Waals surface area contributed by atoms with E-state index in [2.05, 4.69) is 20.2 Å². The molecule has 1 N–H and O–H groups in total. The van der Waals surface area contributed by atoms with Crippen LogP contribution in [0.1, 0.15) is 11.9 Å². The fourth-order valence-corrected chi connectivity index (χ4v) is 2.29. The second kappa shape index (κ2) is 6.48. The molecule has 1 aliphatic rings. The summed E-state index contributed by atoms with van der Waals surface area (Å²) in [5, 5.41) is 6.60. The van der Waals surface area contributed by atoms with Gasteiger partial charge in [-0.05, 0) is 18.2 Å². The molecule has 0 spiro atoms. The zero-order valence-electron chi connectivity index (χ0n) is 12.5. The molecule has 10 heteroatoms. The van der Waals surface area contributed by atoms with E-state index in [-0.39, 0.29) is 35.5 Å². The summed E-state index contributed by atoms with van der Waals surface area (Å²) >= 11 is 0. The fourth-order valence-electron chi connectivity index (χ4n) is 2.29. The van der Waals surface area contributed by atoms with Gasteiger partial charge in [0.05, 0.1) is 12.1 Å². The standard InChI is InChI=1S/C14H13F3N4O3/c1-21-6-10(18-5-11(21)22)13-19-12(20-24-13)8-4-7(23-14(16)17)2-3-9(8)15/h2-4,10,14,18H,5-6H2,1H3/t10-/m0/s1. The van der Waals surface area contributed by atoms with Gasteiger partial charge >= 0.3 is 6.61 Å². The number of rotatable bonds is 4. The van der Waals surface area contributed by atoms with Crippen LogP contribution in [-0.2, 0) is 4.79 Å². The van der Waals surface area contributed by atoms with Crippen molar-refractivity contribution in [2.24, 2.45) is 0 Å². The lowest BCUT2D eigenvalue weighted by atomic mass is 10.2. The van der Waals surface area contributed by atoms with E-state index in [1.807, 2.05) is 0 Å². The molecule has 7 nitrogen and oxygen atoms in total. The Kier molecular flexibility index (Phi) is 4.38. The number of likely N-dealkylation sites (N-methyl/N-ethyl adjacent to an activating group) is 1. The molecule has 1 amide bonds. The average molecular weight is 342 g/mol. The molecule has 0 unspecified atom stereocenters. The minimum atomic E-state index is -3.02. The van der Waals surface area contributed by atoms with Crippen molar-refractivity contribution in [2.75, 3.05) is 20.1 Å². The van der Waals surface area contributed by atoms with E-state index in [0.717, 1.165) is 18.2 Å². The van der Waals surface area contributed by atoms with Crippen molar-refractivity contribution >= 4 is 5.91 Å². The van der Waals surface area contributed by atoms with Crippen LogP contribution < -0.4 is 10.1 Å². The third kappa shape index (κ3) is 3.32. The summed E-state index contributed by atoms with van der Waals surface area (Å²) < 4.78 is 47.8. The molecule has 0 radical (unpaired) electrons. The van der Waals surface area contributed by atoms with E-state index in [1.165, 1.54) is 4.90 Å². The molecule has 1 aliphatic heterocycles. The lowest BCUT2D eigenvalue weighted by Gasteiger charge is -2.28. The minimum absolute atomic E-state index is 0.0751. The van der Waals surface area contributed by atoms with Crippen molar-refractivity contribution in [3.05, 3.63) is 29.9 Å². The highest BCUT2D eigenvalue weighted by Gasteiger charge is 2.28. The number of ether oxygens (including phenoxy) is 1. The topological polar surface area (TPSA) is 80.5 Å². The number of carbonyl (C=O) groups is 1. The van der Waals surface area contributed by atoms with Crippen LogP contribution >= 0.6 is 0 Å². The second-order valence-corrected chi connectivity index (χ2v) is 5.18. The number of piperazine rings is 1. The molecule has 0 saturated carbocycles. The molecule has 24 heavy (non-hydrogen) atoms. The Balaban J connectivity index is 1.84. The maximum absolute atomic E-state index is 13.9. The lowest BCUT2D eigenvalue weighted by molar-refractivity contribution is -0.131.